The Hall–Kier alpha value is -2.18. The lowest BCUT2D eigenvalue weighted by molar-refractivity contribution is -0.119. The number of carbonyl (C=O) groups excluding carboxylic acids is 1. The van der Waals surface area contributed by atoms with Gasteiger partial charge < -0.3 is 4.90 Å². The van der Waals surface area contributed by atoms with Crippen LogP contribution >= 0.6 is 0 Å². The van der Waals surface area contributed by atoms with Gasteiger partial charge in [0.2, 0.25) is 15.9 Å². The fraction of sp³-hybridized carbons (Fsp3) is 0.278. The largest absolute Gasteiger partial charge is 0.315 e. The minimum absolute atomic E-state index is 0.108. The van der Waals surface area contributed by atoms with Gasteiger partial charge in [-0.05, 0) is 37.6 Å². The number of aryl methyl sites for hydroxylation is 2. The molecule has 1 heterocycles. The molecule has 1 atom stereocenters. The molecule has 2 aromatic carbocycles. The number of carbonyl (C=O) groups is 1. The summed E-state index contributed by atoms with van der Waals surface area (Å²) in [6.45, 7) is 3.85. The first-order valence-corrected chi connectivity index (χ1v) is 9.22. The van der Waals surface area contributed by atoms with E-state index in [2.05, 4.69) is 4.72 Å². The van der Waals surface area contributed by atoms with Gasteiger partial charge in [-0.2, -0.15) is 0 Å². The predicted molar refractivity (Wildman–Crippen MR) is 93.4 cm³/mol. The summed E-state index contributed by atoms with van der Waals surface area (Å²) in [5.41, 5.74) is 3.58. The van der Waals surface area contributed by atoms with Gasteiger partial charge >= 0.3 is 0 Å². The number of hydrogen-bond donors (Lipinski definition) is 1. The van der Waals surface area contributed by atoms with E-state index < -0.39 is 16.1 Å². The monoisotopic (exact) mass is 344 g/mol. The van der Waals surface area contributed by atoms with Crippen molar-refractivity contribution in [3.05, 3.63) is 59.2 Å². The van der Waals surface area contributed by atoms with E-state index in [0.29, 0.717) is 0 Å². The smallest absolute Gasteiger partial charge is 0.241 e. The molecule has 6 heteroatoms. The van der Waals surface area contributed by atoms with Crippen LogP contribution in [0, 0.1) is 13.8 Å². The van der Waals surface area contributed by atoms with Crippen LogP contribution < -0.4 is 9.62 Å². The molecule has 0 aliphatic carbocycles. The number of anilines is 1. The zero-order valence-corrected chi connectivity index (χ0v) is 14.7. The normalized spacial score (nSPS) is 17.7. The molecule has 3 rings (SSSR count). The summed E-state index contributed by atoms with van der Waals surface area (Å²) < 4.78 is 28.0. The van der Waals surface area contributed by atoms with Crippen LogP contribution in [0.2, 0.25) is 0 Å². The Labute approximate surface area is 142 Å². The summed E-state index contributed by atoms with van der Waals surface area (Å²) in [6.07, 6.45) is 0.109. The number of fused-ring (bicyclic) bond motifs is 1. The van der Waals surface area contributed by atoms with E-state index in [1.807, 2.05) is 32.0 Å². The fourth-order valence-electron chi connectivity index (χ4n) is 2.89. The second-order valence-corrected chi connectivity index (χ2v) is 7.92. The Morgan fingerprint density at radius 1 is 1.04 bits per heavy atom. The first-order valence-electron chi connectivity index (χ1n) is 7.74. The molecule has 1 N–H and O–H groups in total. The van der Waals surface area contributed by atoms with Crippen molar-refractivity contribution in [2.75, 3.05) is 11.9 Å². The van der Waals surface area contributed by atoms with Crippen molar-refractivity contribution in [1.29, 1.82) is 0 Å². The van der Waals surface area contributed by atoms with Gasteiger partial charge in [0.15, 0.2) is 0 Å². The zero-order valence-electron chi connectivity index (χ0n) is 13.9. The van der Waals surface area contributed by atoms with Crippen molar-refractivity contribution in [2.24, 2.45) is 0 Å². The minimum Gasteiger partial charge on any atom is -0.315 e. The van der Waals surface area contributed by atoms with Gasteiger partial charge in [-0.15, -0.1) is 0 Å². The topological polar surface area (TPSA) is 66.5 Å². The molecule has 1 unspecified atom stereocenters. The molecule has 0 bridgehead atoms. The Kier molecular flexibility index (Phi) is 4.19. The summed E-state index contributed by atoms with van der Waals surface area (Å²) in [6, 6.07) is 11.8. The molecule has 2 aromatic rings. The van der Waals surface area contributed by atoms with Crippen LogP contribution in [0.25, 0.3) is 0 Å². The lowest BCUT2D eigenvalue weighted by Gasteiger charge is -2.32. The molecule has 1 amide bonds. The van der Waals surface area contributed by atoms with E-state index in [-0.39, 0.29) is 17.2 Å². The SMILES string of the molecule is Cc1ccc(S(=O)(=O)NC2CC(=O)N(C)c3ccc(C)cc32)cc1. The van der Waals surface area contributed by atoms with Crippen LogP contribution in [0.4, 0.5) is 5.69 Å². The van der Waals surface area contributed by atoms with Gasteiger partial charge in [0.25, 0.3) is 0 Å². The number of nitrogens with one attached hydrogen (secondary N) is 1. The molecule has 1 aliphatic rings. The van der Waals surface area contributed by atoms with Crippen LogP contribution in [0.5, 0.6) is 0 Å². The maximum absolute atomic E-state index is 12.7. The third-order valence-corrected chi connectivity index (χ3v) is 5.79. The Balaban J connectivity index is 1.98. The van der Waals surface area contributed by atoms with Crippen LogP contribution in [0.1, 0.15) is 29.2 Å². The van der Waals surface area contributed by atoms with Crippen molar-refractivity contribution < 1.29 is 13.2 Å². The summed E-state index contributed by atoms with van der Waals surface area (Å²) in [7, 11) is -1.98. The highest BCUT2D eigenvalue weighted by Crippen LogP contribution is 2.35. The summed E-state index contributed by atoms with van der Waals surface area (Å²) in [5, 5.41) is 0. The van der Waals surface area contributed by atoms with Gasteiger partial charge in [-0.1, -0.05) is 35.4 Å². The molecule has 0 saturated carbocycles. The molecule has 0 radical (unpaired) electrons. The van der Waals surface area contributed by atoms with E-state index in [9.17, 15) is 13.2 Å². The van der Waals surface area contributed by atoms with E-state index >= 15 is 0 Å². The average molecular weight is 344 g/mol. The summed E-state index contributed by atoms with van der Waals surface area (Å²) >= 11 is 0. The van der Waals surface area contributed by atoms with Gasteiger partial charge in [0.05, 0.1) is 10.9 Å². The first kappa shape index (κ1) is 16.7. The quantitative estimate of drug-likeness (QED) is 0.931. The number of sulfonamides is 1. The van der Waals surface area contributed by atoms with Crippen molar-refractivity contribution in [3.8, 4) is 0 Å². The zero-order chi connectivity index (χ0) is 17.5. The van der Waals surface area contributed by atoms with Crippen molar-refractivity contribution >= 4 is 21.6 Å². The molecular weight excluding hydrogens is 324 g/mol. The number of amides is 1. The minimum atomic E-state index is -3.69. The first-order chi connectivity index (χ1) is 11.3. The molecule has 126 valence electrons. The van der Waals surface area contributed by atoms with Gasteiger partial charge in [0.1, 0.15) is 0 Å². The third kappa shape index (κ3) is 3.07. The molecular formula is C18H20N2O3S. The van der Waals surface area contributed by atoms with E-state index in [0.717, 1.165) is 22.4 Å². The number of nitrogens with zero attached hydrogens (tertiary/aromatic N) is 1. The van der Waals surface area contributed by atoms with Gasteiger partial charge in [-0.25, -0.2) is 13.1 Å². The second kappa shape index (κ2) is 6.03. The Bertz CT molecular complexity index is 889. The molecule has 0 saturated heterocycles. The molecule has 24 heavy (non-hydrogen) atoms. The molecule has 1 aliphatic heterocycles. The standard InChI is InChI=1S/C18H20N2O3S/c1-12-4-7-14(8-5-12)24(22,23)19-16-11-18(21)20(3)17-9-6-13(2)10-15(16)17/h4-10,16,19H,11H2,1-3H3. The van der Waals surface area contributed by atoms with Crippen LogP contribution in [0.3, 0.4) is 0 Å². The van der Waals surface area contributed by atoms with Gasteiger partial charge in [-0.3, -0.25) is 4.79 Å². The maximum Gasteiger partial charge on any atom is 0.241 e. The van der Waals surface area contributed by atoms with Crippen molar-refractivity contribution in [2.45, 2.75) is 31.2 Å². The number of rotatable bonds is 3. The average Bonchev–Trinajstić information content (AvgIpc) is 2.52. The summed E-state index contributed by atoms with van der Waals surface area (Å²) in [4.78, 5) is 14.0. The highest BCUT2D eigenvalue weighted by molar-refractivity contribution is 7.89. The highest BCUT2D eigenvalue weighted by atomic mass is 32.2. The number of hydrogen-bond acceptors (Lipinski definition) is 3. The molecule has 5 nitrogen and oxygen atoms in total. The lowest BCUT2D eigenvalue weighted by atomic mass is 9.95. The summed E-state index contributed by atoms with van der Waals surface area (Å²) in [5.74, 6) is -0.108. The van der Waals surface area contributed by atoms with Crippen molar-refractivity contribution in [3.63, 3.8) is 0 Å². The fourth-order valence-corrected chi connectivity index (χ4v) is 4.11. The third-order valence-electron chi connectivity index (χ3n) is 4.30. The molecule has 0 fully saturated rings. The van der Waals surface area contributed by atoms with E-state index in [1.165, 1.54) is 0 Å². The predicted octanol–water partition coefficient (Wildman–Crippen LogP) is 2.69. The lowest BCUT2D eigenvalue weighted by Crippen LogP contribution is -2.39. The van der Waals surface area contributed by atoms with Crippen LogP contribution in [-0.4, -0.2) is 21.4 Å². The van der Waals surface area contributed by atoms with Crippen LogP contribution in [0.15, 0.2) is 47.4 Å². The van der Waals surface area contributed by atoms with Crippen molar-refractivity contribution in [1.82, 2.24) is 4.72 Å². The van der Waals surface area contributed by atoms with E-state index in [4.69, 9.17) is 0 Å². The number of benzene rings is 2. The Morgan fingerprint density at radius 3 is 2.33 bits per heavy atom. The van der Waals surface area contributed by atoms with E-state index in [1.54, 1.807) is 36.2 Å². The van der Waals surface area contributed by atoms with Gasteiger partial charge in [0, 0.05) is 19.2 Å². The second-order valence-electron chi connectivity index (χ2n) is 6.21. The van der Waals surface area contributed by atoms with Crippen LogP contribution in [-0.2, 0) is 14.8 Å². The maximum atomic E-state index is 12.7. The Morgan fingerprint density at radius 2 is 1.67 bits per heavy atom. The molecule has 0 spiro atoms. The molecule has 0 aromatic heterocycles. The highest BCUT2D eigenvalue weighted by Gasteiger charge is 2.32.